The van der Waals surface area contributed by atoms with Gasteiger partial charge in [0.2, 0.25) is 0 Å². The van der Waals surface area contributed by atoms with E-state index in [0.717, 1.165) is 22.4 Å². The highest BCUT2D eigenvalue weighted by atomic mass is 35.5. The summed E-state index contributed by atoms with van der Waals surface area (Å²) in [6.45, 7) is 1.95. The summed E-state index contributed by atoms with van der Waals surface area (Å²) in [5.41, 5.74) is 3.21. The molecule has 2 rings (SSSR count). The molecule has 0 atom stereocenters. The first-order valence-electron chi connectivity index (χ1n) is 4.48. The maximum atomic E-state index is 5.57. The Morgan fingerprint density at radius 3 is 3.14 bits per heavy atom. The molecule has 3 heteroatoms. The molecule has 0 aliphatic rings. The van der Waals surface area contributed by atoms with Crippen LogP contribution in [0.1, 0.15) is 11.4 Å². The number of alkyl halides is 1. The fourth-order valence-corrected chi connectivity index (χ4v) is 1.53. The SMILES string of the molecule is Cc1nc2ccc(C=CCCl)cc2[nH]1. The minimum absolute atomic E-state index is 0.542. The van der Waals surface area contributed by atoms with E-state index >= 15 is 0 Å². The van der Waals surface area contributed by atoms with E-state index in [1.165, 1.54) is 0 Å². The summed E-state index contributed by atoms with van der Waals surface area (Å²) in [6, 6.07) is 6.11. The van der Waals surface area contributed by atoms with Crippen LogP contribution < -0.4 is 0 Å². The minimum atomic E-state index is 0.542. The minimum Gasteiger partial charge on any atom is -0.342 e. The van der Waals surface area contributed by atoms with Gasteiger partial charge in [-0.05, 0) is 24.6 Å². The van der Waals surface area contributed by atoms with Gasteiger partial charge in [-0.15, -0.1) is 11.6 Å². The number of hydrogen-bond donors (Lipinski definition) is 1. The van der Waals surface area contributed by atoms with Crippen molar-refractivity contribution in [1.29, 1.82) is 0 Å². The van der Waals surface area contributed by atoms with Crippen LogP contribution in [0.3, 0.4) is 0 Å². The number of allylic oxidation sites excluding steroid dienone is 1. The van der Waals surface area contributed by atoms with Crippen LogP contribution in [0.5, 0.6) is 0 Å². The van der Waals surface area contributed by atoms with Gasteiger partial charge in [-0.25, -0.2) is 4.98 Å². The third-order valence-electron chi connectivity index (χ3n) is 2.02. The quantitative estimate of drug-likeness (QED) is 0.752. The van der Waals surface area contributed by atoms with Crippen LogP contribution in [0.4, 0.5) is 0 Å². The molecule has 72 valence electrons. The van der Waals surface area contributed by atoms with E-state index in [2.05, 4.69) is 16.0 Å². The Balaban J connectivity index is 2.45. The van der Waals surface area contributed by atoms with Gasteiger partial charge in [-0.3, -0.25) is 0 Å². The summed E-state index contributed by atoms with van der Waals surface area (Å²) in [7, 11) is 0. The van der Waals surface area contributed by atoms with Crippen LogP contribution in [0, 0.1) is 6.92 Å². The molecule has 0 saturated carbocycles. The molecule has 0 spiro atoms. The van der Waals surface area contributed by atoms with E-state index in [1.807, 2.05) is 31.2 Å². The van der Waals surface area contributed by atoms with Crippen LogP contribution in [-0.2, 0) is 0 Å². The normalized spacial score (nSPS) is 11.6. The molecular weight excluding hydrogens is 196 g/mol. The second-order valence-electron chi connectivity index (χ2n) is 3.16. The highest BCUT2D eigenvalue weighted by Gasteiger charge is 1.98. The fraction of sp³-hybridized carbons (Fsp3) is 0.182. The van der Waals surface area contributed by atoms with Crippen LogP contribution in [0.2, 0.25) is 0 Å². The number of aryl methyl sites for hydroxylation is 1. The summed E-state index contributed by atoms with van der Waals surface area (Å²) < 4.78 is 0. The molecule has 1 N–H and O–H groups in total. The second-order valence-corrected chi connectivity index (χ2v) is 3.46. The second kappa shape index (κ2) is 3.84. The molecule has 0 fully saturated rings. The molecule has 0 saturated heterocycles. The van der Waals surface area contributed by atoms with E-state index in [9.17, 15) is 0 Å². The number of rotatable bonds is 2. The average molecular weight is 207 g/mol. The fourth-order valence-electron chi connectivity index (χ4n) is 1.44. The number of nitrogens with zero attached hydrogens (tertiary/aromatic N) is 1. The van der Waals surface area contributed by atoms with Gasteiger partial charge in [0.25, 0.3) is 0 Å². The van der Waals surface area contributed by atoms with Gasteiger partial charge in [0.05, 0.1) is 11.0 Å². The zero-order valence-electron chi connectivity index (χ0n) is 7.92. The third-order valence-corrected chi connectivity index (χ3v) is 2.20. The maximum Gasteiger partial charge on any atom is 0.104 e. The maximum absolute atomic E-state index is 5.57. The lowest BCUT2D eigenvalue weighted by Gasteiger charge is -1.92. The standard InChI is InChI=1S/C11H11ClN2/c1-8-13-10-5-4-9(3-2-6-12)7-11(10)14-8/h2-5,7H,6H2,1H3,(H,13,14). The Hall–Kier alpha value is -1.28. The van der Waals surface area contributed by atoms with Crippen LogP contribution in [0.25, 0.3) is 17.1 Å². The Labute approximate surface area is 87.6 Å². The van der Waals surface area contributed by atoms with Gasteiger partial charge in [0, 0.05) is 5.88 Å². The first-order chi connectivity index (χ1) is 6.79. The van der Waals surface area contributed by atoms with Gasteiger partial charge < -0.3 is 4.98 Å². The summed E-state index contributed by atoms with van der Waals surface area (Å²) in [5, 5.41) is 0. The average Bonchev–Trinajstić information content (AvgIpc) is 2.54. The molecule has 0 bridgehead atoms. The first kappa shape index (κ1) is 9.28. The zero-order valence-corrected chi connectivity index (χ0v) is 8.67. The Morgan fingerprint density at radius 2 is 2.36 bits per heavy atom. The Kier molecular flexibility index (Phi) is 2.55. The molecule has 2 aromatic rings. The molecule has 1 aromatic heterocycles. The van der Waals surface area contributed by atoms with Crippen molar-refractivity contribution in [1.82, 2.24) is 9.97 Å². The van der Waals surface area contributed by atoms with Gasteiger partial charge in [-0.1, -0.05) is 18.2 Å². The molecule has 0 aliphatic heterocycles. The van der Waals surface area contributed by atoms with Crippen molar-refractivity contribution in [3.8, 4) is 0 Å². The smallest absolute Gasteiger partial charge is 0.104 e. The lowest BCUT2D eigenvalue weighted by molar-refractivity contribution is 1.17. The van der Waals surface area contributed by atoms with Gasteiger partial charge in [0.1, 0.15) is 5.82 Å². The topological polar surface area (TPSA) is 28.7 Å². The molecule has 0 unspecified atom stereocenters. The molecule has 0 aliphatic carbocycles. The Bertz CT molecular complexity index is 471. The molecule has 1 heterocycles. The number of H-pyrrole nitrogens is 1. The first-order valence-corrected chi connectivity index (χ1v) is 5.02. The lowest BCUT2D eigenvalue weighted by atomic mass is 10.2. The predicted octanol–water partition coefficient (Wildman–Crippen LogP) is 3.12. The van der Waals surface area contributed by atoms with E-state index in [-0.39, 0.29) is 0 Å². The molecule has 2 nitrogen and oxygen atoms in total. The highest BCUT2D eigenvalue weighted by Crippen LogP contribution is 2.14. The van der Waals surface area contributed by atoms with Crippen molar-refractivity contribution < 1.29 is 0 Å². The summed E-state index contributed by atoms with van der Waals surface area (Å²) in [5.74, 6) is 1.48. The Morgan fingerprint density at radius 1 is 1.50 bits per heavy atom. The number of aromatic nitrogens is 2. The van der Waals surface area contributed by atoms with Crippen LogP contribution in [0.15, 0.2) is 24.3 Å². The van der Waals surface area contributed by atoms with Crippen molar-refractivity contribution in [3.63, 3.8) is 0 Å². The lowest BCUT2D eigenvalue weighted by Crippen LogP contribution is -1.73. The molecular formula is C11H11ClN2. The van der Waals surface area contributed by atoms with Gasteiger partial charge in [0.15, 0.2) is 0 Å². The largest absolute Gasteiger partial charge is 0.342 e. The number of nitrogens with one attached hydrogen (secondary N) is 1. The number of aromatic amines is 1. The number of imidazole rings is 1. The van der Waals surface area contributed by atoms with E-state index in [4.69, 9.17) is 11.6 Å². The van der Waals surface area contributed by atoms with E-state index in [0.29, 0.717) is 5.88 Å². The van der Waals surface area contributed by atoms with Crippen molar-refractivity contribution in [2.45, 2.75) is 6.92 Å². The summed E-state index contributed by atoms with van der Waals surface area (Å²) >= 11 is 5.57. The van der Waals surface area contributed by atoms with Crippen molar-refractivity contribution in [2.75, 3.05) is 5.88 Å². The molecule has 0 amide bonds. The number of benzene rings is 1. The van der Waals surface area contributed by atoms with E-state index < -0.39 is 0 Å². The zero-order chi connectivity index (χ0) is 9.97. The number of halogens is 1. The monoisotopic (exact) mass is 206 g/mol. The van der Waals surface area contributed by atoms with Gasteiger partial charge >= 0.3 is 0 Å². The van der Waals surface area contributed by atoms with Crippen molar-refractivity contribution in [3.05, 3.63) is 35.7 Å². The highest BCUT2D eigenvalue weighted by molar-refractivity contribution is 6.19. The number of hydrogen-bond acceptors (Lipinski definition) is 1. The van der Waals surface area contributed by atoms with Crippen LogP contribution >= 0.6 is 11.6 Å². The van der Waals surface area contributed by atoms with Crippen molar-refractivity contribution >= 4 is 28.7 Å². The van der Waals surface area contributed by atoms with E-state index in [1.54, 1.807) is 0 Å². The summed E-state index contributed by atoms with van der Waals surface area (Å²) in [6.07, 6.45) is 3.93. The van der Waals surface area contributed by atoms with Crippen LogP contribution in [-0.4, -0.2) is 15.8 Å². The third kappa shape index (κ3) is 1.80. The van der Waals surface area contributed by atoms with Gasteiger partial charge in [-0.2, -0.15) is 0 Å². The molecule has 1 aromatic carbocycles. The number of fused-ring (bicyclic) bond motifs is 1. The summed E-state index contributed by atoms with van der Waals surface area (Å²) in [4.78, 5) is 7.53. The predicted molar refractivity (Wildman–Crippen MR) is 60.6 cm³/mol. The van der Waals surface area contributed by atoms with Crippen molar-refractivity contribution in [2.24, 2.45) is 0 Å². The molecule has 0 radical (unpaired) electrons. The molecule has 14 heavy (non-hydrogen) atoms.